The maximum absolute atomic E-state index is 12.4. The second kappa shape index (κ2) is 7.41. The van der Waals surface area contributed by atoms with Crippen molar-refractivity contribution in [3.05, 3.63) is 60.2 Å². The Labute approximate surface area is 130 Å². The Morgan fingerprint density at radius 2 is 1.64 bits per heavy atom. The largest absolute Gasteiger partial charge is 0.376 e. The number of hydrogen-bond acceptors (Lipinski definition) is 3. The minimum absolute atomic E-state index is 0.0223. The van der Waals surface area contributed by atoms with Crippen molar-refractivity contribution in [2.24, 2.45) is 0 Å². The number of benzene rings is 2. The Bertz CT molecular complexity index is 653. The van der Waals surface area contributed by atoms with E-state index in [4.69, 9.17) is 0 Å². The maximum atomic E-state index is 12.4. The average molecular weight is 296 g/mol. The highest BCUT2D eigenvalue weighted by Gasteiger charge is 2.14. The SMILES string of the molecule is CCN(C(=O)CNc1ccccc1C(C)=O)c1ccccc1. The fourth-order valence-electron chi connectivity index (χ4n) is 2.32. The molecule has 0 aliphatic rings. The van der Waals surface area contributed by atoms with Gasteiger partial charge in [0.2, 0.25) is 5.91 Å². The number of hydrogen-bond donors (Lipinski definition) is 1. The van der Waals surface area contributed by atoms with Gasteiger partial charge in [-0.2, -0.15) is 0 Å². The van der Waals surface area contributed by atoms with Crippen molar-refractivity contribution in [3.8, 4) is 0 Å². The number of amides is 1. The van der Waals surface area contributed by atoms with Gasteiger partial charge in [-0.1, -0.05) is 30.3 Å². The summed E-state index contributed by atoms with van der Waals surface area (Å²) >= 11 is 0. The third kappa shape index (κ3) is 3.73. The molecular formula is C18H20N2O2. The third-order valence-electron chi connectivity index (χ3n) is 3.42. The first-order chi connectivity index (χ1) is 10.6. The van der Waals surface area contributed by atoms with Crippen molar-refractivity contribution in [2.45, 2.75) is 13.8 Å². The zero-order chi connectivity index (χ0) is 15.9. The van der Waals surface area contributed by atoms with Crippen LogP contribution in [0.3, 0.4) is 0 Å². The molecule has 114 valence electrons. The molecule has 0 spiro atoms. The molecule has 2 rings (SSSR count). The average Bonchev–Trinajstić information content (AvgIpc) is 2.55. The highest BCUT2D eigenvalue weighted by molar-refractivity contribution is 6.01. The summed E-state index contributed by atoms with van der Waals surface area (Å²) in [6, 6.07) is 16.8. The normalized spacial score (nSPS) is 10.1. The Kier molecular flexibility index (Phi) is 5.31. The molecule has 0 radical (unpaired) electrons. The molecule has 0 bridgehead atoms. The van der Waals surface area contributed by atoms with Crippen LogP contribution in [0, 0.1) is 0 Å². The summed E-state index contributed by atoms with van der Waals surface area (Å²) in [6.07, 6.45) is 0. The lowest BCUT2D eigenvalue weighted by Crippen LogP contribution is -2.35. The summed E-state index contributed by atoms with van der Waals surface area (Å²) in [4.78, 5) is 25.7. The van der Waals surface area contributed by atoms with Crippen LogP contribution in [0.1, 0.15) is 24.2 Å². The monoisotopic (exact) mass is 296 g/mol. The van der Waals surface area contributed by atoms with Crippen molar-refractivity contribution in [1.82, 2.24) is 0 Å². The van der Waals surface area contributed by atoms with Gasteiger partial charge < -0.3 is 10.2 Å². The molecule has 0 fully saturated rings. The van der Waals surface area contributed by atoms with Gasteiger partial charge >= 0.3 is 0 Å². The van der Waals surface area contributed by atoms with Gasteiger partial charge in [-0.15, -0.1) is 0 Å². The molecule has 0 unspecified atom stereocenters. The van der Waals surface area contributed by atoms with E-state index < -0.39 is 0 Å². The number of nitrogens with one attached hydrogen (secondary N) is 1. The predicted molar refractivity (Wildman–Crippen MR) is 89.4 cm³/mol. The predicted octanol–water partition coefficient (Wildman–Crippen LogP) is 3.35. The lowest BCUT2D eigenvalue weighted by Gasteiger charge is -2.21. The molecule has 22 heavy (non-hydrogen) atoms. The van der Waals surface area contributed by atoms with E-state index in [-0.39, 0.29) is 18.2 Å². The third-order valence-corrected chi connectivity index (χ3v) is 3.42. The number of ketones is 1. The first-order valence-corrected chi connectivity index (χ1v) is 7.32. The zero-order valence-corrected chi connectivity index (χ0v) is 12.9. The Morgan fingerprint density at radius 3 is 2.27 bits per heavy atom. The zero-order valence-electron chi connectivity index (χ0n) is 12.9. The van der Waals surface area contributed by atoms with Crippen molar-refractivity contribution in [1.29, 1.82) is 0 Å². The summed E-state index contributed by atoms with van der Waals surface area (Å²) in [7, 11) is 0. The molecule has 4 nitrogen and oxygen atoms in total. The number of carbonyl (C=O) groups excluding carboxylic acids is 2. The number of anilines is 2. The van der Waals surface area contributed by atoms with Crippen LogP contribution >= 0.6 is 0 Å². The Morgan fingerprint density at radius 1 is 1.00 bits per heavy atom. The van der Waals surface area contributed by atoms with Crippen LogP contribution in [-0.2, 0) is 4.79 Å². The maximum Gasteiger partial charge on any atom is 0.246 e. The van der Waals surface area contributed by atoms with Crippen molar-refractivity contribution in [3.63, 3.8) is 0 Å². The van der Waals surface area contributed by atoms with E-state index in [1.807, 2.05) is 55.5 Å². The summed E-state index contributed by atoms with van der Waals surface area (Å²) in [5, 5.41) is 3.07. The van der Waals surface area contributed by atoms with Crippen LogP contribution < -0.4 is 10.2 Å². The summed E-state index contributed by atoms with van der Waals surface area (Å²) < 4.78 is 0. The van der Waals surface area contributed by atoms with E-state index in [9.17, 15) is 9.59 Å². The van der Waals surface area contributed by atoms with Crippen LogP contribution in [0.15, 0.2) is 54.6 Å². The Hall–Kier alpha value is -2.62. The molecule has 0 aromatic heterocycles. The second-order valence-electron chi connectivity index (χ2n) is 4.93. The van der Waals surface area contributed by atoms with E-state index in [0.717, 1.165) is 5.69 Å². The van der Waals surface area contributed by atoms with E-state index in [1.54, 1.807) is 11.0 Å². The van der Waals surface area contributed by atoms with Crippen molar-refractivity contribution < 1.29 is 9.59 Å². The van der Waals surface area contributed by atoms with Gasteiger partial charge in [0.15, 0.2) is 5.78 Å². The summed E-state index contributed by atoms with van der Waals surface area (Å²) in [5.41, 5.74) is 2.15. The number of Topliss-reactive ketones (excluding diaryl/α,β-unsaturated/α-hetero) is 1. The van der Waals surface area contributed by atoms with E-state index >= 15 is 0 Å². The minimum atomic E-state index is -0.0351. The second-order valence-corrected chi connectivity index (χ2v) is 4.93. The van der Waals surface area contributed by atoms with Crippen LogP contribution in [0.2, 0.25) is 0 Å². The molecule has 4 heteroatoms. The van der Waals surface area contributed by atoms with Crippen molar-refractivity contribution >= 4 is 23.1 Å². The smallest absolute Gasteiger partial charge is 0.246 e. The molecule has 0 atom stereocenters. The molecule has 1 N–H and O–H groups in total. The number of rotatable bonds is 6. The van der Waals surface area contributed by atoms with Crippen LogP contribution in [0.5, 0.6) is 0 Å². The highest BCUT2D eigenvalue weighted by atomic mass is 16.2. The fourth-order valence-corrected chi connectivity index (χ4v) is 2.32. The lowest BCUT2D eigenvalue weighted by atomic mass is 10.1. The first kappa shape index (κ1) is 15.8. The molecule has 0 saturated heterocycles. The van der Waals surface area contributed by atoms with Crippen LogP contribution in [0.25, 0.3) is 0 Å². The van der Waals surface area contributed by atoms with Gasteiger partial charge in [-0.05, 0) is 38.1 Å². The van der Waals surface area contributed by atoms with Gasteiger partial charge in [0.25, 0.3) is 0 Å². The molecular weight excluding hydrogens is 276 g/mol. The molecule has 0 aliphatic carbocycles. The molecule has 2 aromatic carbocycles. The summed E-state index contributed by atoms with van der Waals surface area (Å²) in [6.45, 7) is 4.20. The van der Waals surface area contributed by atoms with Crippen LogP contribution in [0.4, 0.5) is 11.4 Å². The van der Waals surface area contributed by atoms with E-state index in [1.165, 1.54) is 6.92 Å². The lowest BCUT2D eigenvalue weighted by molar-refractivity contribution is -0.116. The summed E-state index contributed by atoms with van der Waals surface area (Å²) in [5.74, 6) is -0.0574. The van der Waals surface area contributed by atoms with Gasteiger partial charge in [0.05, 0.1) is 6.54 Å². The molecule has 0 heterocycles. The van der Waals surface area contributed by atoms with Gasteiger partial charge in [0, 0.05) is 23.5 Å². The highest BCUT2D eigenvalue weighted by Crippen LogP contribution is 2.17. The Balaban J connectivity index is 2.08. The number of carbonyl (C=O) groups is 2. The quantitative estimate of drug-likeness (QED) is 0.832. The van der Waals surface area contributed by atoms with Gasteiger partial charge in [-0.3, -0.25) is 9.59 Å². The molecule has 0 saturated carbocycles. The minimum Gasteiger partial charge on any atom is -0.376 e. The number of nitrogens with zero attached hydrogens (tertiary/aromatic N) is 1. The fraction of sp³-hybridized carbons (Fsp3) is 0.222. The molecule has 1 amide bonds. The number of likely N-dealkylation sites (N-methyl/N-ethyl adjacent to an activating group) is 1. The van der Waals surface area contributed by atoms with E-state index in [0.29, 0.717) is 17.8 Å². The van der Waals surface area contributed by atoms with E-state index in [2.05, 4.69) is 5.32 Å². The van der Waals surface area contributed by atoms with Gasteiger partial charge in [-0.25, -0.2) is 0 Å². The molecule has 0 aliphatic heterocycles. The van der Waals surface area contributed by atoms with Crippen LogP contribution in [-0.4, -0.2) is 24.8 Å². The van der Waals surface area contributed by atoms with Gasteiger partial charge in [0.1, 0.15) is 0 Å². The standard InChI is InChI=1S/C18H20N2O2/c1-3-20(15-9-5-4-6-10-15)18(22)13-19-17-12-8-7-11-16(17)14(2)21/h4-12,19H,3,13H2,1-2H3. The van der Waals surface area contributed by atoms with Crippen molar-refractivity contribution in [2.75, 3.05) is 23.3 Å². The number of para-hydroxylation sites is 2. The molecule has 2 aromatic rings. The topological polar surface area (TPSA) is 49.4 Å². The first-order valence-electron chi connectivity index (χ1n) is 7.32.